The summed E-state index contributed by atoms with van der Waals surface area (Å²) in [6.07, 6.45) is 0.843. The predicted molar refractivity (Wildman–Crippen MR) is 55.2 cm³/mol. The Morgan fingerprint density at radius 1 is 1.77 bits per heavy atom. The van der Waals surface area contributed by atoms with Crippen LogP contribution in [0.25, 0.3) is 0 Å². The smallest absolute Gasteiger partial charge is 0.312 e. The molecular weight excluding hydrogens is 254 g/mol. The van der Waals surface area contributed by atoms with Crippen molar-refractivity contribution < 1.29 is 9.90 Å². The van der Waals surface area contributed by atoms with E-state index in [1.807, 2.05) is 6.92 Å². The summed E-state index contributed by atoms with van der Waals surface area (Å²) in [5, 5.41) is 9.75. The molecule has 0 spiro atoms. The van der Waals surface area contributed by atoms with Crippen molar-refractivity contribution in [2.45, 2.75) is 26.2 Å². The molecule has 0 radical (unpaired) electrons. The van der Waals surface area contributed by atoms with Crippen molar-refractivity contribution in [3.63, 3.8) is 0 Å². The quantitative estimate of drug-likeness (QED) is 0.913. The van der Waals surface area contributed by atoms with Crippen LogP contribution in [0.2, 0.25) is 0 Å². The van der Waals surface area contributed by atoms with Crippen molar-refractivity contribution in [2.75, 3.05) is 0 Å². The molecule has 1 aromatic rings. The van der Waals surface area contributed by atoms with E-state index in [9.17, 15) is 4.79 Å². The minimum absolute atomic E-state index is 0.536. The van der Waals surface area contributed by atoms with Gasteiger partial charge < -0.3 is 5.11 Å². The van der Waals surface area contributed by atoms with Crippen LogP contribution in [0.15, 0.2) is 3.79 Å². The molecule has 1 aromatic heterocycles. The van der Waals surface area contributed by atoms with E-state index >= 15 is 0 Å². The second-order valence-electron chi connectivity index (χ2n) is 2.68. The Morgan fingerprint density at radius 3 is 2.77 bits per heavy atom. The zero-order valence-electron chi connectivity index (χ0n) is 7.37. The van der Waals surface area contributed by atoms with Crippen LogP contribution in [0.4, 0.5) is 0 Å². The first-order valence-corrected chi connectivity index (χ1v) is 5.55. The van der Waals surface area contributed by atoms with Gasteiger partial charge in [-0.1, -0.05) is 6.92 Å². The Balaban J connectivity index is 3.00. The van der Waals surface area contributed by atoms with Gasteiger partial charge in [0.15, 0.2) is 0 Å². The first kappa shape index (κ1) is 10.7. The number of nitrogens with zero attached hydrogens (tertiary/aromatic N) is 1. The summed E-state index contributed by atoms with van der Waals surface area (Å²) < 4.78 is 0.833. The number of aromatic nitrogens is 1. The van der Waals surface area contributed by atoms with E-state index in [0.29, 0.717) is 5.69 Å². The molecule has 0 amide bonds. The van der Waals surface area contributed by atoms with Crippen LogP contribution in [0.3, 0.4) is 0 Å². The number of rotatable bonds is 3. The third kappa shape index (κ3) is 2.28. The zero-order chi connectivity index (χ0) is 10.0. The van der Waals surface area contributed by atoms with Gasteiger partial charge in [0.05, 0.1) is 20.4 Å². The molecule has 0 aliphatic rings. The van der Waals surface area contributed by atoms with Crippen molar-refractivity contribution in [3.05, 3.63) is 14.5 Å². The van der Waals surface area contributed by atoms with Gasteiger partial charge in [0.2, 0.25) is 0 Å². The highest BCUT2D eigenvalue weighted by Gasteiger charge is 2.20. The molecule has 0 aliphatic heterocycles. The molecular formula is C8H10BrNO2S. The first-order chi connectivity index (χ1) is 6.06. The van der Waals surface area contributed by atoms with Crippen molar-refractivity contribution >= 4 is 33.2 Å². The fraction of sp³-hybridized carbons (Fsp3) is 0.500. The number of carbonyl (C=O) groups is 1. The summed E-state index contributed by atoms with van der Waals surface area (Å²) in [4.78, 5) is 14.9. The molecule has 1 rings (SSSR count). The van der Waals surface area contributed by atoms with E-state index in [0.717, 1.165) is 15.2 Å². The van der Waals surface area contributed by atoms with E-state index in [4.69, 9.17) is 5.11 Å². The van der Waals surface area contributed by atoms with Crippen LogP contribution in [-0.2, 0) is 11.2 Å². The molecule has 0 saturated heterocycles. The third-order valence-electron chi connectivity index (χ3n) is 1.74. The highest BCUT2D eigenvalue weighted by molar-refractivity contribution is 9.11. The van der Waals surface area contributed by atoms with Gasteiger partial charge in [0.25, 0.3) is 0 Å². The van der Waals surface area contributed by atoms with Gasteiger partial charge in [-0.15, -0.1) is 11.3 Å². The lowest BCUT2D eigenvalue weighted by Gasteiger charge is -2.01. The molecule has 13 heavy (non-hydrogen) atoms. The van der Waals surface area contributed by atoms with E-state index in [1.165, 1.54) is 11.3 Å². The molecule has 0 saturated carbocycles. The Labute approximate surface area is 88.9 Å². The van der Waals surface area contributed by atoms with Crippen LogP contribution in [0, 0.1) is 0 Å². The Kier molecular flexibility index (Phi) is 3.44. The number of aryl methyl sites for hydroxylation is 1. The van der Waals surface area contributed by atoms with Crippen molar-refractivity contribution in [3.8, 4) is 0 Å². The molecule has 72 valence electrons. The number of carboxylic acids is 1. The van der Waals surface area contributed by atoms with Crippen molar-refractivity contribution in [1.82, 2.24) is 4.98 Å². The van der Waals surface area contributed by atoms with E-state index in [2.05, 4.69) is 20.9 Å². The Bertz CT molecular complexity index is 324. The summed E-state index contributed by atoms with van der Waals surface area (Å²) in [6, 6.07) is 0. The van der Waals surface area contributed by atoms with Crippen molar-refractivity contribution in [1.29, 1.82) is 0 Å². The second-order valence-corrected chi connectivity index (χ2v) is 5.08. The largest absolute Gasteiger partial charge is 0.481 e. The molecule has 5 heteroatoms. The topological polar surface area (TPSA) is 50.2 Å². The number of halogens is 1. The lowest BCUT2D eigenvalue weighted by atomic mass is 10.1. The van der Waals surface area contributed by atoms with Gasteiger partial charge in [-0.25, -0.2) is 4.98 Å². The maximum Gasteiger partial charge on any atom is 0.312 e. The monoisotopic (exact) mass is 263 g/mol. The molecule has 1 N–H and O–H groups in total. The number of thiazole rings is 1. The lowest BCUT2D eigenvalue weighted by molar-refractivity contribution is -0.138. The van der Waals surface area contributed by atoms with Gasteiger partial charge in [-0.2, -0.15) is 0 Å². The van der Waals surface area contributed by atoms with Crippen LogP contribution in [0.5, 0.6) is 0 Å². The van der Waals surface area contributed by atoms with Crippen LogP contribution >= 0.6 is 27.3 Å². The van der Waals surface area contributed by atoms with Gasteiger partial charge >= 0.3 is 5.97 Å². The summed E-state index contributed by atoms with van der Waals surface area (Å²) in [6.45, 7) is 3.64. The first-order valence-electron chi connectivity index (χ1n) is 3.94. The van der Waals surface area contributed by atoms with Crippen molar-refractivity contribution in [2.24, 2.45) is 0 Å². The van der Waals surface area contributed by atoms with Crippen LogP contribution in [-0.4, -0.2) is 16.1 Å². The summed E-state index contributed by atoms with van der Waals surface area (Å²) in [5.41, 5.74) is 0.634. The highest BCUT2D eigenvalue weighted by atomic mass is 79.9. The fourth-order valence-electron chi connectivity index (χ4n) is 0.892. The molecule has 0 bridgehead atoms. The predicted octanol–water partition coefficient (Wildman–Crippen LogP) is 2.66. The average Bonchev–Trinajstić information content (AvgIpc) is 2.45. The lowest BCUT2D eigenvalue weighted by Crippen LogP contribution is -2.08. The van der Waals surface area contributed by atoms with E-state index in [-0.39, 0.29) is 0 Å². The highest BCUT2D eigenvalue weighted by Crippen LogP contribution is 2.30. The molecule has 1 atom stereocenters. The number of aliphatic carboxylic acids is 1. The standard InChI is InChI=1S/C8H10BrNO2S/c1-3-5-10-6(7(9)13-5)4(2)8(11)12/h4H,3H2,1-2H3,(H,11,12). The maximum atomic E-state index is 10.7. The number of hydrogen-bond donors (Lipinski definition) is 1. The number of hydrogen-bond acceptors (Lipinski definition) is 3. The van der Waals surface area contributed by atoms with Gasteiger partial charge in [-0.05, 0) is 29.3 Å². The molecule has 0 aromatic carbocycles. The van der Waals surface area contributed by atoms with Gasteiger partial charge in [0, 0.05) is 0 Å². The zero-order valence-corrected chi connectivity index (χ0v) is 9.78. The molecule has 1 unspecified atom stereocenters. The van der Waals surface area contributed by atoms with E-state index in [1.54, 1.807) is 6.92 Å². The fourth-order valence-corrected chi connectivity index (χ4v) is 2.71. The third-order valence-corrected chi connectivity index (χ3v) is 3.63. The molecule has 3 nitrogen and oxygen atoms in total. The van der Waals surface area contributed by atoms with Crippen LogP contribution in [0.1, 0.15) is 30.5 Å². The van der Waals surface area contributed by atoms with Gasteiger partial charge in [0.1, 0.15) is 0 Å². The Morgan fingerprint density at radius 2 is 2.38 bits per heavy atom. The molecule has 0 fully saturated rings. The normalized spacial score (nSPS) is 12.8. The maximum absolute atomic E-state index is 10.7. The minimum atomic E-state index is -0.839. The van der Waals surface area contributed by atoms with E-state index < -0.39 is 11.9 Å². The average molecular weight is 264 g/mol. The minimum Gasteiger partial charge on any atom is -0.481 e. The molecule has 0 aliphatic carbocycles. The number of carboxylic acid groups (broad SMARTS) is 1. The van der Waals surface area contributed by atoms with Gasteiger partial charge in [-0.3, -0.25) is 4.79 Å². The second kappa shape index (κ2) is 4.19. The van der Waals surface area contributed by atoms with Crippen LogP contribution < -0.4 is 0 Å². The SMILES string of the molecule is CCc1nc(C(C)C(=O)O)c(Br)s1. The summed E-state index contributed by atoms with van der Waals surface area (Å²) in [5.74, 6) is -1.38. The molecule has 1 heterocycles. The summed E-state index contributed by atoms with van der Waals surface area (Å²) in [7, 11) is 0. The Hall–Kier alpha value is -0.420. The summed E-state index contributed by atoms with van der Waals surface area (Å²) >= 11 is 4.82.